The van der Waals surface area contributed by atoms with E-state index in [-0.39, 0.29) is 7.43 Å². The molecule has 8 N–H and O–H groups in total. The second kappa shape index (κ2) is 17.5. The molecule has 0 aliphatic carbocycles. The fraction of sp³-hybridized carbons (Fsp3) is 0.833. The molecule has 0 aliphatic heterocycles. The predicted molar refractivity (Wildman–Crippen MR) is 135 cm³/mol. The molecule has 0 atom stereocenters. The smallest absolute Gasteiger partial charge is 0.0885 e. The summed E-state index contributed by atoms with van der Waals surface area (Å²) in [5.41, 5.74) is 17.2. The average molecular weight is 416 g/mol. The van der Waals surface area contributed by atoms with Crippen LogP contribution in [-0.2, 0) is 0 Å². The van der Waals surface area contributed by atoms with Gasteiger partial charge in [-0.2, -0.15) is 0 Å². The molecule has 5 heteroatoms. The van der Waals surface area contributed by atoms with Crippen molar-refractivity contribution in [2.45, 2.75) is 95.4 Å². The van der Waals surface area contributed by atoms with E-state index in [0.29, 0.717) is 27.9 Å². The summed E-state index contributed by atoms with van der Waals surface area (Å²) in [6.45, 7) is 29.7. The SMILES string of the molecule is C.C=C(N)NCCC(C)(C)C.C=C(N)NCCC(C)(C)C.CC(C)(C)CCCN. The highest BCUT2D eigenvalue weighted by Crippen LogP contribution is 2.19. The van der Waals surface area contributed by atoms with Crippen molar-refractivity contribution in [3.63, 3.8) is 0 Å². The van der Waals surface area contributed by atoms with Crippen LogP contribution in [0.4, 0.5) is 0 Å². The van der Waals surface area contributed by atoms with E-state index in [2.05, 4.69) is 86.1 Å². The number of nitrogens with one attached hydrogen (secondary N) is 2. The Morgan fingerprint density at radius 1 is 0.655 bits per heavy atom. The van der Waals surface area contributed by atoms with Gasteiger partial charge in [-0.1, -0.05) is 82.9 Å². The molecule has 0 aliphatic rings. The van der Waals surface area contributed by atoms with Crippen LogP contribution in [0.2, 0.25) is 0 Å². The van der Waals surface area contributed by atoms with Gasteiger partial charge in [0.15, 0.2) is 0 Å². The van der Waals surface area contributed by atoms with Gasteiger partial charge >= 0.3 is 0 Å². The zero-order chi connectivity index (χ0) is 23.0. The summed E-state index contributed by atoms with van der Waals surface area (Å²) < 4.78 is 0. The van der Waals surface area contributed by atoms with Crippen LogP contribution in [0.1, 0.15) is 95.4 Å². The molecule has 0 amide bonds. The molecule has 29 heavy (non-hydrogen) atoms. The van der Waals surface area contributed by atoms with Gasteiger partial charge in [-0.25, -0.2) is 0 Å². The van der Waals surface area contributed by atoms with Gasteiger partial charge in [0.1, 0.15) is 0 Å². The Labute approximate surface area is 184 Å². The minimum Gasteiger partial charge on any atom is -0.386 e. The zero-order valence-electron chi connectivity index (χ0n) is 20.6. The van der Waals surface area contributed by atoms with Crippen molar-refractivity contribution in [2.75, 3.05) is 19.6 Å². The molecule has 0 aromatic rings. The van der Waals surface area contributed by atoms with Crippen LogP contribution in [0.15, 0.2) is 24.8 Å². The van der Waals surface area contributed by atoms with Gasteiger partial charge in [0, 0.05) is 13.1 Å². The fourth-order valence-electron chi connectivity index (χ4n) is 1.83. The monoisotopic (exact) mass is 415 g/mol. The quantitative estimate of drug-likeness (QED) is 0.370. The van der Waals surface area contributed by atoms with Crippen LogP contribution in [-0.4, -0.2) is 19.6 Å². The van der Waals surface area contributed by atoms with Crippen molar-refractivity contribution in [3.8, 4) is 0 Å². The van der Waals surface area contributed by atoms with E-state index in [1.54, 1.807) is 0 Å². The Morgan fingerprint density at radius 2 is 0.931 bits per heavy atom. The molecule has 0 aromatic heterocycles. The van der Waals surface area contributed by atoms with Gasteiger partial charge in [-0.15, -0.1) is 0 Å². The summed E-state index contributed by atoms with van der Waals surface area (Å²) in [5, 5.41) is 5.97. The van der Waals surface area contributed by atoms with E-state index in [4.69, 9.17) is 17.2 Å². The van der Waals surface area contributed by atoms with Crippen LogP contribution in [0.3, 0.4) is 0 Å². The predicted octanol–water partition coefficient (Wildman–Crippen LogP) is 5.29. The number of hydrogen-bond donors (Lipinski definition) is 5. The molecule has 0 radical (unpaired) electrons. The molecular formula is C24H57N5. The molecule has 0 fully saturated rings. The fourth-order valence-corrected chi connectivity index (χ4v) is 1.83. The van der Waals surface area contributed by atoms with Crippen molar-refractivity contribution >= 4 is 0 Å². The molecule has 0 spiro atoms. The van der Waals surface area contributed by atoms with Crippen LogP contribution in [0.25, 0.3) is 0 Å². The van der Waals surface area contributed by atoms with Crippen LogP contribution in [0.5, 0.6) is 0 Å². The third-order valence-electron chi connectivity index (χ3n) is 3.59. The number of rotatable bonds is 8. The van der Waals surface area contributed by atoms with Crippen LogP contribution in [0, 0.1) is 16.2 Å². The summed E-state index contributed by atoms with van der Waals surface area (Å²) in [5.74, 6) is 1.12. The Bertz CT molecular complexity index is 365. The van der Waals surface area contributed by atoms with Gasteiger partial charge < -0.3 is 27.8 Å². The van der Waals surface area contributed by atoms with E-state index in [0.717, 1.165) is 38.9 Å². The third-order valence-corrected chi connectivity index (χ3v) is 3.59. The lowest BCUT2D eigenvalue weighted by atomic mass is 9.91. The van der Waals surface area contributed by atoms with E-state index in [1.807, 2.05) is 0 Å². The molecule has 0 aromatic carbocycles. The van der Waals surface area contributed by atoms with E-state index in [1.165, 1.54) is 6.42 Å². The topological polar surface area (TPSA) is 102 Å². The molecule has 0 bridgehead atoms. The molecule has 0 saturated heterocycles. The van der Waals surface area contributed by atoms with Crippen molar-refractivity contribution in [2.24, 2.45) is 33.4 Å². The summed E-state index contributed by atoms with van der Waals surface area (Å²) in [7, 11) is 0. The van der Waals surface area contributed by atoms with Gasteiger partial charge in [0.2, 0.25) is 0 Å². The van der Waals surface area contributed by atoms with E-state index >= 15 is 0 Å². The molecule has 0 saturated carbocycles. The maximum Gasteiger partial charge on any atom is 0.0885 e. The summed E-state index contributed by atoms with van der Waals surface area (Å²) in [6.07, 6.45) is 4.62. The first-order chi connectivity index (χ1) is 12.4. The summed E-state index contributed by atoms with van der Waals surface area (Å²) >= 11 is 0. The first kappa shape index (κ1) is 35.1. The third kappa shape index (κ3) is 52.0. The van der Waals surface area contributed by atoms with Gasteiger partial charge in [0.25, 0.3) is 0 Å². The minimum absolute atomic E-state index is 0. The van der Waals surface area contributed by atoms with Crippen LogP contribution < -0.4 is 27.8 Å². The summed E-state index contributed by atoms with van der Waals surface area (Å²) in [4.78, 5) is 0. The molecule has 0 heterocycles. The Morgan fingerprint density at radius 3 is 1.07 bits per heavy atom. The maximum atomic E-state index is 5.34. The molecule has 0 unspecified atom stereocenters. The first-order valence-electron chi connectivity index (χ1n) is 10.5. The number of hydrogen-bond acceptors (Lipinski definition) is 5. The largest absolute Gasteiger partial charge is 0.386 e. The lowest BCUT2D eigenvalue weighted by Gasteiger charge is -2.18. The Balaban J connectivity index is -0.000000160. The minimum atomic E-state index is 0. The normalized spacial score (nSPS) is 11.0. The van der Waals surface area contributed by atoms with Crippen molar-refractivity contribution in [1.29, 1.82) is 0 Å². The number of nitrogens with two attached hydrogens (primary N) is 3. The highest BCUT2D eigenvalue weighted by molar-refractivity contribution is 4.83. The van der Waals surface area contributed by atoms with Gasteiger partial charge in [-0.3, -0.25) is 0 Å². The van der Waals surface area contributed by atoms with Gasteiger partial charge in [0.05, 0.1) is 11.6 Å². The summed E-state index contributed by atoms with van der Waals surface area (Å²) in [6, 6.07) is 0. The Hall–Kier alpha value is -1.36. The lowest BCUT2D eigenvalue weighted by Crippen LogP contribution is -2.23. The standard InChI is InChI=1S/2C8H18N2.C7H17N.CH4/c2*1-7(9)10-6-5-8(2,3)4;1-7(2,3)5-4-6-8;/h2*10H,1,5-6,9H2,2-4H3;4-6,8H2,1-3H3;1H4. The van der Waals surface area contributed by atoms with Crippen molar-refractivity contribution in [1.82, 2.24) is 10.6 Å². The molecule has 5 nitrogen and oxygen atoms in total. The second-order valence-corrected chi connectivity index (χ2v) is 11.0. The Kier molecular flexibility index (Phi) is 21.2. The average Bonchev–Trinajstić information content (AvgIpc) is 2.42. The van der Waals surface area contributed by atoms with Crippen molar-refractivity contribution < 1.29 is 0 Å². The second-order valence-electron chi connectivity index (χ2n) is 11.0. The van der Waals surface area contributed by atoms with Crippen molar-refractivity contribution in [3.05, 3.63) is 24.8 Å². The molecule has 0 rings (SSSR count). The van der Waals surface area contributed by atoms with E-state index in [9.17, 15) is 0 Å². The highest BCUT2D eigenvalue weighted by Gasteiger charge is 2.09. The maximum absolute atomic E-state index is 5.34. The van der Waals surface area contributed by atoms with E-state index < -0.39 is 0 Å². The molecular weight excluding hydrogens is 358 g/mol. The van der Waals surface area contributed by atoms with Crippen LogP contribution >= 0.6 is 0 Å². The van der Waals surface area contributed by atoms with Gasteiger partial charge in [-0.05, 0) is 48.5 Å². The molecule has 178 valence electrons. The first-order valence-corrected chi connectivity index (χ1v) is 10.5. The lowest BCUT2D eigenvalue weighted by molar-refractivity contribution is 0.368. The highest BCUT2D eigenvalue weighted by atomic mass is 15.0. The zero-order valence-corrected chi connectivity index (χ0v) is 20.6.